The average Bonchev–Trinajstić information content (AvgIpc) is 2.87. The number of cyclic esters (lactones) is 1. The highest BCUT2D eigenvalue weighted by atomic mass is 16.7. The number of aliphatic hydroxyl groups is 2. The van der Waals surface area contributed by atoms with Crippen molar-refractivity contribution in [2.24, 2.45) is 17.3 Å². The summed E-state index contributed by atoms with van der Waals surface area (Å²) in [6.07, 6.45) is 0.734. The van der Waals surface area contributed by atoms with Crippen LogP contribution in [0.15, 0.2) is 23.5 Å². The van der Waals surface area contributed by atoms with Gasteiger partial charge in [0.15, 0.2) is 11.7 Å². The van der Waals surface area contributed by atoms with Gasteiger partial charge in [0.25, 0.3) is 0 Å². The molecule has 4 unspecified atom stereocenters. The zero-order chi connectivity index (χ0) is 17.2. The highest BCUT2D eigenvalue weighted by molar-refractivity contribution is 6.00. The van der Waals surface area contributed by atoms with Crippen molar-refractivity contribution in [1.82, 2.24) is 0 Å². The Bertz CT molecular complexity index is 666. The van der Waals surface area contributed by atoms with Crippen molar-refractivity contribution in [2.45, 2.75) is 39.1 Å². The fourth-order valence-electron chi connectivity index (χ4n) is 3.44. The number of hydrogen-bond acceptors (Lipinski definition) is 7. The Balaban J connectivity index is 2.08. The number of rotatable bonds is 1. The average molecular weight is 322 g/mol. The van der Waals surface area contributed by atoms with Crippen molar-refractivity contribution in [3.8, 4) is 0 Å². The quantitative estimate of drug-likeness (QED) is 0.664. The van der Waals surface area contributed by atoms with Gasteiger partial charge >= 0.3 is 11.9 Å². The summed E-state index contributed by atoms with van der Waals surface area (Å²) in [5.41, 5.74) is -0.342. The second kappa shape index (κ2) is 4.75. The minimum Gasteiger partial charge on any atom is -0.432 e. The van der Waals surface area contributed by atoms with Gasteiger partial charge in [-0.05, 0) is 11.5 Å². The molecular formula is C16H18O7. The van der Waals surface area contributed by atoms with Gasteiger partial charge in [-0.2, -0.15) is 0 Å². The highest BCUT2D eigenvalue weighted by Gasteiger charge is 2.63. The van der Waals surface area contributed by atoms with E-state index in [4.69, 9.17) is 9.47 Å². The molecule has 2 aliphatic heterocycles. The molecule has 0 aromatic heterocycles. The normalized spacial score (nSPS) is 37.1. The minimum absolute atomic E-state index is 0.0145. The van der Waals surface area contributed by atoms with Crippen LogP contribution in [0, 0.1) is 17.3 Å². The van der Waals surface area contributed by atoms with Crippen molar-refractivity contribution in [2.75, 3.05) is 0 Å². The molecule has 3 aliphatic rings. The Labute approximate surface area is 132 Å². The lowest BCUT2D eigenvalue weighted by Gasteiger charge is -2.38. The van der Waals surface area contributed by atoms with Crippen LogP contribution in [0.25, 0.3) is 0 Å². The molecule has 0 aromatic carbocycles. The van der Waals surface area contributed by atoms with Crippen LogP contribution in [0.3, 0.4) is 0 Å². The van der Waals surface area contributed by atoms with Crippen molar-refractivity contribution < 1.29 is 34.1 Å². The van der Waals surface area contributed by atoms with Gasteiger partial charge in [-0.25, -0.2) is 0 Å². The van der Waals surface area contributed by atoms with Crippen LogP contribution in [-0.4, -0.2) is 39.8 Å². The Morgan fingerprint density at radius 2 is 1.91 bits per heavy atom. The predicted octanol–water partition coefficient (Wildman–Crippen LogP) is 0.211. The summed E-state index contributed by atoms with van der Waals surface area (Å²) in [5, 5.41) is 20.7. The molecule has 0 amide bonds. The lowest BCUT2D eigenvalue weighted by atomic mass is 9.69. The second-order valence-electron chi connectivity index (χ2n) is 7.18. The molecule has 0 spiro atoms. The van der Waals surface area contributed by atoms with Gasteiger partial charge in [0, 0.05) is 17.6 Å². The summed E-state index contributed by atoms with van der Waals surface area (Å²) in [4.78, 5) is 35.6. The number of aliphatic hydroxyl groups excluding tert-OH is 1. The molecular weight excluding hydrogens is 304 g/mol. The Morgan fingerprint density at radius 3 is 2.52 bits per heavy atom. The summed E-state index contributed by atoms with van der Waals surface area (Å²) in [5.74, 6) is -6.04. The van der Waals surface area contributed by atoms with Crippen LogP contribution in [0.5, 0.6) is 0 Å². The first-order valence-corrected chi connectivity index (χ1v) is 7.35. The van der Waals surface area contributed by atoms with Crippen molar-refractivity contribution in [3.05, 3.63) is 23.5 Å². The largest absolute Gasteiger partial charge is 0.432 e. The van der Waals surface area contributed by atoms with Gasteiger partial charge < -0.3 is 19.7 Å². The van der Waals surface area contributed by atoms with E-state index in [-0.39, 0.29) is 17.8 Å². The molecule has 3 rings (SSSR count). The number of fused-ring (bicyclic) bond motifs is 1. The van der Waals surface area contributed by atoms with Gasteiger partial charge in [0.2, 0.25) is 5.79 Å². The Kier molecular flexibility index (Phi) is 3.28. The van der Waals surface area contributed by atoms with Crippen molar-refractivity contribution in [3.63, 3.8) is 0 Å². The van der Waals surface area contributed by atoms with E-state index in [0.29, 0.717) is 0 Å². The standard InChI is InChI=1S/C16H18O7/c1-15(2,3)11-6-12(19)23-16(11,21)13-7-4-8(17)9(18)5-10(7)22-14(13)20/h4-5,8,11,13,17,21H,6H2,1-3H3. The first-order valence-electron chi connectivity index (χ1n) is 7.35. The Morgan fingerprint density at radius 1 is 1.26 bits per heavy atom. The fraction of sp³-hybridized carbons (Fsp3) is 0.562. The number of carbonyl (C=O) groups excluding carboxylic acids is 3. The summed E-state index contributed by atoms with van der Waals surface area (Å²) in [6, 6.07) is 0. The summed E-state index contributed by atoms with van der Waals surface area (Å²) >= 11 is 0. The van der Waals surface area contributed by atoms with Gasteiger partial charge in [-0.3, -0.25) is 14.4 Å². The monoisotopic (exact) mass is 322 g/mol. The molecule has 1 aliphatic carbocycles. The molecule has 7 heteroatoms. The van der Waals surface area contributed by atoms with E-state index in [1.165, 1.54) is 0 Å². The van der Waals surface area contributed by atoms with Crippen LogP contribution in [0.4, 0.5) is 0 Å². The van der Waals surface area contributed by atoms with Crippen molar-refractivity contribution >= 4 is 17.7 Å². The van der Waals surface area contributed by atoms with E-state index in [1.54, 1.807) is 0 Å². The smallest absolute Gasteiger partial charge is 0.325 e. The number of hydrogen-bond donors (Lipinski definition) is 2. The highest BCUT2D eigenvalue weighted by Crippen LogP contribution is 2.52. The Hall–Kier alpha value is -1.99. The molecule has 23 heavy (non-hydrogen) atoms. The van der Waals surface area contributed by atoms with Gasteiger partial charge in [-0.15, -0.1) is 0 Å². The molecule has 0 saturated carbocycles. The molecule has 2 heterocycles. The maximum Gasteiger partial charge on any atom is 0.325 e. The third kappa shape index (κ3) is 2.31. The number of allylic oxidation sites excluding steroid dienone is 1. The third-order valence-corrected chi connectivity index (χ3v) is 4.55. The fourth-order valence-corrected chi connectivity index (χ4v) is 3.44. The summed E-state index contributed by atoms with van der Waals surface area (Å²) in [6.45, 7) is 5.49. The first-order chi connectivity index (χ1) is 10.5. The number of esters is 2. The number of ketones is 1. The van der Waals surface area contributed by atoms with Crippen LogP contribution >= 0.6 is 0 Å². The molecule has 2 saturated heterocycles. The molecule has 124 valence electrons. The summed E-state index contributed by atoms with van der Waals surface area (Å²) in [7, 11) is 0. The lowest BCUT2D eigenvalue weighted by Crippen LogP contribution is -2.50. The zero-order valence-electron chi connectivity index (χ0n) is 13.0. The van der Waals surface area contributed by atoms with E-state index in [0.717, 1.165) is 12.2 Å². The van der Waals surface area contributed by atoms with E-state index in [9.17, 15) is 24.6 Å². The predicted molar refractivity (Wildman–Crippen MR) is 75.4 cm³/mol. The van der Waals surface area contributed by atoms with Gasteiger partial charge in [-0.1, -0.05) is 20.8 Å². The minimum atomic E-state index is -2.08. The zero-order valence-corrected chi connectivity index (χ0v) is 13.0. The maximum atomic E-state index is 12.3. The SMILES string of the molecule is CC(C)(C)C1CC(=O)OC1(O)C1C(=O)OC2=CC(=O)C(O)C=C21. The van der Waals surface area contributed by atoms with Crippen LogP contribution in [0.1, 0.15) is 27.2 Å². The topological polar surface area (TPSA) is 110 Å². The van der Waals surface area contributed by atoms with Crippen LogP contribution in [0.2, 0.25) is 0 Å². The van der Waals surface area contributed by atoms with Crippen LogP contribution < -0.4 is 0 Å². The second-order valence-corrected chi connectivity index (χ2v) is 7.18. The maximum absolute atomic E-state index is 12.3. The van der Waals surface area contributed by atoms with E-state index in [1.807, 2.05) is 20.8 Å². The third-order valence-electron chi connectivity index (χ3n) is 4.55. The molecule has 0 radical (unpaired) electrons. The van der Waals surface area contributed by atoms with Gasteiger partial charge in [0.1, 0.15) is 11.9 Å². The summed E-state index contributed by atoms with van der Waals surface area (Å²) < 4.78 is 10.2. The molecule has 7 nitrogen and oxygen atoms in total. The molecule has 2 fully saturated rings. The lowest BCUT2D eigenvalue weighted by molar-refractivity contribution is -0.232. The van der Waals surface area contributed by atoms with Gasteiger partial charge in [0.05, 0.1) is 6.42 Å². The first kappa shape index (κ1) is 15.9. The van der Waals surface area contributed by atoms with E-state index < -0.39 is 46.9 Å². The van der Waals surface area contributed by atoms with Crippen molar-refractivity contribution in [1.29, 1.82) is 0 Å². The van der Waals surface area contributed by atoms with E-state index in [2.05, 4.69) is 0 Å². The molecule has 0 bridgehead atoms. The molecule has 4 atom stereocenters. The number of ether oxygens (including phenoxy) is 2. The molecule has 2 N–H and O–H groups in total. The molecule has 0 aromatic rings. The van der Waals surface area contributed by atoms with Crippen LogP contribution in [-0.2, 0) is 23.9 Å². The van der Waals surface area contributed by atoms with E-state index >= 15 is 0 Å². The number of carbonyl (C=O) groups is 3.